The highest BCUT2D eigenvalue weighted by atomic mass is 15.2. The van der Waals surface area contributed by atoms with Crippen LogP contribution in [0.3, 0.4) is 0 Å². The van der Waals surface area contributed by atoms with E-state index in [9.17, 15) is 0 Å². The van der Waals surface area contributed by atoms with Crippen molar-refractivity contribution in [2.75, 3.05) is 9.80 Å². The Bertz CT molecular complexity index is 3890. The van der Waals surface area contributed by atoms with Crippen LogP contribution in [0.2, 0.25) is 0 Å². The third-order valence-electron chi connectivity index (χ3n) is 17.4. The Labute approximate surface area is 427 Å². The summed E-state index contributed by atoms with van der Waals surface area (Å²) < 4.78 is 0. The molecule has 0 N–H and O–H groups in total. The van der Waals surface area contributed by atoms with Gasteiger partial charge in [0, 0.05) is 38.4 Å². The number of aryl methyl sites for hydroxylation is 5. The lowest BCUT2D eigenvalue weighted by molar-refractivity contribution is 0.475. The smallest absolute Gasteiger partial charge is 0.0543 e. The quantitative estimate of drug-likeness (QED) is 0.147. The van der Waals surface area contributed by atoms with Crippen LogP contribution in [0.25, 0.3) is 54.6 Å². The minimum atomic E-state index is -0.215. The third-order valence-corrected chi connectivity index (χ3v) is 17.4. The van der Waals surface area contributed by atoms with Crippen molar-refractivity contribution < 1.29 is 0 Å². The van der Waals surface area contributed by atoms with Gasteiger partial charge in [-0.1, -0.05) is 152 Å². The normalized spacial score (nSPS) is 15.6. The van der Waals surface area contributed by atoms with E-state index in [0.29, 0.717) is 0 Å². The lowest BCUT2D eigenvalue weighted by Crippen LogP contribution is -2.25. The molecule has 72 heavy (non-hydrogen) atoms. The number of anilines is 6. The molecule has 3 aliphatic rings. The van der Waals surface area contributed by atoms with Gasteiger partial charge in [-0.3, -0.25) is 0 Å². The molecule has 0 saturated heterocycles. The number of fused-ring (bicyclic) bond motifs is 6. The Morgan fingerprint density at radius 2 is 0.875 bits per heavy atom. The first-order valence-corrected chi connectivity index (χ1v) is 26.5. The average Bonchev–Trinajstić information content (AvgIpc) is 3.72. The second kappa shape index (κ2) is 15.4. The van der Waals surface area contributed by atoms with Gasteiger partial charge in [-0.25, -0.2) is 0 Å². The number of hydrogen-bond donors (Lipinski definition) is 0. The monoisotopic (exact) mass is 935 g/mol. The second-order valence-electron chi connectivity index (χ2n) is 23.9. The molecule has 10 aromatic carbocycles. The van der Waals surface area contributed by atoms with E-state index in [0.717, 1.165) is 12.8 Å². The molecule has 0 aliphatic heterocycles. The lowest BCUT2D eigenvalue weighted by Gasteiger charge is -2.38. The van der Waals surface area contributed by atoms with E-state index in [1.807, 2.05) is 0 Å². The molecule has 2 nitrogen and oxygen atoms in total. The van der Waals surface area contributed by atoms with Crippen LogP contribution >= 0.6 is 0 Å². The summed E-state index contributed by atoms with van der Waals surface area (Å²) in [5, 5.41) is 8.22. The zero-order chi connectivity index (χ0) is 49.9. The zero-order valence-corrected chi connectivity index (χ0v) is 44.3. The molecule has 0 radical (unpaired) electrons. The van der Waals surface area contributed by atoms with Crippen molar-refractivity contribution in [3.8, 4) is 22.3 Å². The van der Waals surface area contributed by atoms with Gasteiger partial charge in [0.25, 0.3) is 0 Å². The van der Waals surface area contributed by atoms with Crippen LogP contribution in [0.4, 0.5) is 34.1 Å². The molecule has 0 unspecified atom stereocenters. The number of benzene rings is 10. The zero-order valence-electron chi connectivity index (χ0n) is 44.3. The van der Waals surface area contributed by atoms with Crippen LogP contribution in [0.15, 0.2) is 152 Å². The van der Waals surface area contributed by atoms with E-state index in [-0.39, 0.29) is 22.2 Å². The Balaban J connectivity index is 1.18. The summed E-state index contributed by atoms with van der Waals surface area (Å²) >= 11 is 0. The molecule has 13 rings (SSSR count). The van der Waals surface area contributed by atoms with E-state index in [1.165, 1.54) is 150 Å². The summed E-state index contributed by atoms with van der Waals surface area (Å²) in [7, 11) is 0. The van der Waals surface area contributed by atoms with E-state index in [2.05, 4.69) is 245 Å². The van der Waals surface area contributed by atoms with Gasteiger partial charge < -0.3 is 9.80 Å². The van der Waals surface area contributed by atoms with Gasteiger partial charge in [0.1, 0.15) is 0 Å². The summed E-state index contributed by atoms with van der Waals surface area (Å²) in [5.74, 6) is 0.280. The van der Waals surface area contributed by atoms with Gasteiger partial charge in [-0.05, 0) is 206 Å². The Kier molecular flexibility index (Phi) is 9.59. The van der Waals surface area contributed by atoms with E-state index in [4.69, 9.17) is 0 Å². The van der Waals surface area contributed by atoms with Crippen LogP contribution in [-0.2, 0) is 22.7 Å². The van der Waals surface area contributed by atoms with Crippen molar-refractivity contribution in [1.29, 1.82) is 0 Å². The van der Waals surface area contributed by atoms with Crippen LogP contribution in [0, 0.1) is 27.7 Å². The molecule has 356 valence electrons. The van der Waals surface area contributed by atoms with Crippen LogP contribution in [0.1, 0.15) is 129 Å². The van der Waals surface area contributed by atoms with Gasteiger partial charge in [0.2, 0.25) is 0 Å². The van der Waals surface area contributed by atoms with Crippen molar-refractivity contribution in [3.63, 3.8) is 0 Å². The molecule has 3 aliphatic carbocycles. The first-order chi connectivity index (χ1) is 34.4. The Hall–Kier alpha value is -7.16. The minimum Gasteiger partial charge on any atom is -0.310 e. The molecular weight excluding hydrogens is 869 g/mol. The Morgan fingerprint density at radius 3 is 1.39 bits per heavy atom. The van der Waals surface area contributed by atoms with Crippen molar-refractivity contribution in [2.24, 2.45) is 0 Å². The molecule has 10 aromatic rings. The van der Waals surface area contributed by atoms with Crippen LogP contribution < -0.4 is 9.80 Å². The predicted molar refractivity (Wildman–Crippen MR) is 309 cm³/mol. The highest BCUT2D eigenvalue weighted by Gasteiger charge is 2.42. The number of nitrogens with zero attached hydrogens (tertiary/aromatic N) is 2. The van der Waals surface area contributed by atoms with Gasteiger partial charge in [0.05, 0.1) is 22.7 Å². The molecule has 0 heterocycles. The molecule has 2 heteroatoms. The molecule has 0 amide bonds. The number of rotatable bonds is 7. The molecule has 0 atom stereocenters. The summed E-state index contributed by atoms with van der Waals surface area (Å²) in [6, 6.07) is 59.4. The summed E-state index contributed by atoms with van der Waals surface area (Å²) in [4.78, 5) is 5.33. The largest absolute Gasteiger partial charge is 0.310 e. The molecule has 0 spiro atoms. The topological polar surface area (TPSA) is 6.48 Å². The fourth-order valence-electron chi connectivity index (χ4n) is 14.3. The first kappa shape index (κ1) is 44.8. The lowest BCUT2D eigenvalue weighted by atomic mass is 9.70. The summed E-state index contributed by atoms with van der Waals surface area (Å²) in [6.45, 7) is 28.5. The van der Waals surface area contributed by atoms with Gasteiger partial charge in [-0.2, -0.15) is 0 Å². The standard InChI is InChI=1S/C70H66N2/c1-40(2)54-39-62(72(47-35-43(5)32-44(6)36-47)60-26-18-22-52-49-20-14-16-24-57(49)70(11,12)67(52)60)55-38-58-63-45(29-30-68(58,7)8)37-61(53-28-27-50(54)64(55)65(53)63)71(46-33-41(3)31-42(4)34-46)59-25-17-21-51-48-19-13-15-23-56(48)69(9,10)66(51)59/h13-28,31-40H,29-30H2,1-12H3. The minimum absolute atomic E-state index is 0.0406. The summed E-state index contributed by atoms with van der Waals surface area (Å²) in [5.41, 5.74) is 27.2. The average molecular weight is 935 g/mol. The molecule has 0 bridgehead atoms. The van der Waals surface area contributed by atoms with Gasteiger partial charge in [0.15, 0.2) is 0 Å². The van der Waals surface area contributed by atoms with Gasteiger partial charge in [-0.15, -0.1) is 0 Å². The highest BCUT2D eigenvalue weighted by Crippen LogP contribution is 2.60. The second-order valence-corrected chi connectivity index (χ2v) is 23.9. The molecule has 0 saturated carbocycles. The Morgan fingerprint density at radius 1 is 0.403 bits per heavy atom. The molecule has 0 aromatic heterocycles. The van der Waals surface area contributed by atoms with E-state index < -0.39 is 0 Å². The SMILES string of the molecule is Cc1cc(C)cc(N(c2cccc3c2C(C)(C)c2ccccc2-3)c2cc(C(C)C)c3ccc4c(N(c5cc(C)cc(C)c5)c5cccc6c5C(C)(C)c5ccccc5-6)cc5c6c(cc2c3c46)C(C)(C)CC5)c1. The van der Waals surface area contributed by atoms with Crippen molar-refractivity contribution in [3.05, 3.63) is 213 Å². The number of hydrogen-bond acceptors (Lipinski definition) is 2. The van der Waals surface area contributed by atoms with Crippen molar-refractivity contribution >= 4 is 66.4 Å². The molecule has 0 fully saturated rings. The van der Waals surface area contributed by atoms with Crippen molar-refractivity contribution in [2.45, 2.75) is 118 Å². The molecular formula is C70H66N2. The first-order valence-electron chi connectivity index (χ1n) is 26.5. The maximum absolute atomic E-state index is 2.67. The maximum atomic E-state index is 2.67. The van der Waals surface area contributed by atoms with E-state index >= 15 is 0 Å². The van der Waals surface area contributed by atoms with Crippen molar-refractivity contribution in [1.82, 2.24) is 0 Å². The maximum Gasteiger partial charge on any atom is 0.0543 e. The van der Waals surface area contributed by atoms with Gasteiger partial charge >= 0.3 is 0 Å². The fourth-order valence-corrected chi connectivity index (χ4v) is 14.3. The predicted octanol–water partition coefficient (Wildman–Crippen LogP) is 19.7. The highest BCUT2D eigenvalue weighted by molar-refractivity contribution is 6.30. The van der Waals surface area contributed by atoms with Crippen LogP contribution in [0.5, 0.6) is 0 Å². The summed E-state index contributed by atoms with van der Waals surface area (Å²) in [6.07, 6.45) is 2.10. The van der Waals surface area contributed by atoms with Crippen LogP contribution in [-0.4, -0.2) is 0 Å². The fraction of sp³-hybridized carbons (Fsp3) is 0.257. The third kappa shape index (κ3) is 6.27. The van der Waals surface area contributed by atoms with E-state index in [1.54, 1.807) is 0 Å².